The Morgan fingerprint density at radius 2 is 1.74 bits per heavy atom. The Bertz CT molecular complexity index is 866. The Kier molecular flexibility index (Phi) is 6.89. The lowest BCUT2D eigenvalue weighted by molar-refractivity contribution is -0.145. The molecule has 2 N–H and O–H groups in total. The van der Waals surface area contributed by atoms with E-state index in [1.807, 2.05) is 0 Å². The van der Waals surface area contributed by atoms with Crippen molar-refractivity contribution in [1.29, 1.82) is 0 Å². The average molecular weight is 397 g/mol. The number of methoxy groups -OCH3 is 1. The van der Waals surface area contributed by atoms with Crippen LogP contribution in [0.25, 0.3) is 0 Å². The van der Waals surface area contributed by atoms with Crippen LogP contribution >= 0.6 is 0 Å². The molecule has 2 aromatic rings. The molecule has 2 aromatic carbocycles. The highest BCUT2D eigenvalue weighted by atomic mass is 32.2. The van der Waals surface area contributed by atoms with Crippen molar-refractivity contribution in [2.75, 3.05) is 7.11 Å². The van der Waals surface area contributed by atoms with Crippen LogP contribution < -0.4 is 9.46 Å². The number of rotatable bonds is 8. The summed E-state index contributed by atoms with van der Waals surface area (Å²) >= 11 is 0. The minimum atomic E-state index is -4.06. The van der Waals surface area contributed by atoms with Gasteiger partial charge in [-0.05, 0) is 48.9 Å². The minimum absolute atomic E-state index is 0.105. The number of hydrogen-bond acceptors (Lipinski definition) is 6. The molecule has 146 valence electrons. The number of sulfonamides is 1. The normalized spacial score (nSPS) is 13.6. The molecular formula is C18H20FNO6S. The molecule has 0 unspecified atom stereocenters. The zero-order valence-corrected chi connectivity index (χ0v) is 15.6. The first-order chi connectivity index (χ1) is 12.7. The Hall–Kier alpha value is -2.49. The number of halogens is 1. The number of carbonyl (C=O) groups is 1. The third kappa shape index (κ3) is 5.75. The summed E-state index contributed by atoms with van der Waals surface area (Å²) < 4.78 is 49.8. The number of nitrogens with one attached hydrogen (secondary N) is 1. The van der Waals surface area contributed by atoms with E-state index in [1.54, 1.807) is 12.1 Å². The maximum Gasteiger partial charge on any atom is 0.326 e. The number of aliphatic hydroxyl groups excluding tert-OH is 1. The number of carbonyl (C=O) groups excluding carboxylic acids is 1. The van der Waals surface area contributed by atoms with E-state index in [0.29, 0.717) is 5.75 Å². The fourth-order valence-electron chi connectivity index (χ4n) is 2.17. The van der Waals surface area contributed by atoms with Gasteiger partial charge in [0, 0.05) is 0 Å². The first-order valence-corrected chi connectivity index (χ1v) is 9.47. The molecule has 0 heterocycles. The summed E-state index contributed by atoms with van der Waals surface area (Å²) in [6.45, 7) is 1.47. The number of esters is 1. The van der Waals surface area contributed by atoms with Crippen LogP contribution in [0.4, 0.5) is 4.39 Å². The minimum Gasteiger partial charge on any atom is -0.489 e. The summed E-state index contributed by atoms with van der Waals surface area (Å²) in [4.78, 5) is 11.5. The lowest BCUT2D eigenvalue weighted by Crippen LogP contribution is -2.48. The Morgan fingerprint density at radius 1 is 1.15 bits per heavy atom. The van der Waals surface area contributed by atoms with Gasteiger partial charge in [0.2, 0.25) is 10.0 Å². The fourth-order valence-corrected chi connectivity index (χ4v) is 3.43. The average Bonchev–Trinajstić information content (AvgIpc) is 2.65. The third-order valence-electron chi connectivity index (χ3n) is 3.67. The quantitative estimate of drug-likeness (QED) is 0.656. The van der Waals surface area contributed by atoms with E-state index in [9.17, 15) is 22.7 Å². The maximum atomic E-state index is 12.9. The topological polar surface area (TPSA) is 102 Å². The third-order valence-corrected chi connectivity index (χ3v) is 5.13. The molecule has 0 aliphatic heterocycles. The molecule has 0 amide bonds. The van der Waals surface area contributed by atoms with Gasteiger partial charge in [-0.1, -0.05) is 12.1 Å². The van der Waals surface area contributed by atoms with E-state index in [2.05, 4.69) is 9.46 Å². The smallest absolute Gasteiger partial charge is 0.326 e. The Morgan fingerprint density at radius 3 is 2.26 bits per heavy atom. The largest absolute Gasteiger partial charge is 0.489 e. The van der Waals surface area contributed by atoms with Gasteiger partial charge in [0.15, 0.2) is 0 Å². The summed E-state index contributed by atoms with van der Waals surface area (Å²) in [6.07, 6.45) is -1.27. The van der Waals surface area contributed by atoms with Crippen molar-refractivity contribution in [3.05, 3.63) is 59.9 Å². The molecule has 2 atom stereocenters. The van der Waals surface area contributed by atoms with Gasteiger partial charge < -0.3 is 14.6 Å². The number of aliphatic hydroxyl groups is 1. The molecule has 0 radical (unpaired) electrons. The summed E-state index contributed by atoms with van der Waals surface area (Å²) in [6, 6.07) is 9.90. The highest BCUT2D eigenvalue weighted by molar-refractivity contribution is 7.89. The van der Waals surface area contributed by atoms with Crippen molar-refractivity contribution in [2.45, 2.75) is 30.6 Å². The predicted molar refractivity (Wildman–Crippen MR) is 95.0 cm³/mol. The van der Waals surface area contributed by atoms with Crippen LogP contribution in [0, 0.1) is 5.82 Å². The second-order valence-corrected chi connectivity index (χ2v) is 7.46. The van der Waals surface area contributed by atoms with Crippen molar-refractivity contribution in [2.24, 2.45) is 0 Å². The summed E-state index contributed by atoms with van der Waals surface area (Å²) in [5.74, 6) is -0.825. The Balaban J connectivity index is 2.06. The highest BCUT2D eigenvalue weighted by Gasteiger charge is 2.30. The van der Waals surface area contributed by atoms with Crippen molar-refractivity contribution in [1.82, 2.24) is 4.72 Å². The molecule has 2 rings (SSSR count). The molecule has 0 aliphatic rings. The molecular weight excluding hydrogens is 377 g/mol. The Labute approximate surface area is 156 Å². The zero-order chi connectivity index (χ0) is 20.0. The first kappa shape index (κ1) is 20.8. The monoisotopic (exact) mass is 397 g/mol. The first-order valence-electron chi connectivity index (χ1n) is 7.98. The van der Waals surface area contributed by atoms with Crippen LogP contribution in [-0.4, -0.2) is 38.7 Å². The molecule has 0 saturated heterocycles. The van der Waals surface area contributed by atoms with E-state index < -0.39 is 28.1 Å². The van der Waals surface area contributed by atoms with Crippen molar-refractivity contribution < 1.29 is 32.2 Å². The summed E-state index contributed by atoms with van der Waals surface area (Å²) in [5, 5.41) is 9.59. The van der Waals surface area contributed by atoms with Crippen molar-refractivity contribution in [3.63, 3.8) is 0 Å². The molecule has 0 bridgehead atoms. The van der Waals surface area contributed by atoms with Gasteiger partial charge in [-0.2, -0.15) is 4.72 Å². The number of benzene rings is 2. The lowest BCUT2D eigenvalue weighted by atomic mass is 10.2. The van der Waals surface area contributed by atoms with Crippen LogP contribution in [-0.2, 0) is 26.2 Å². The molecule has 0 aliphatic carbocycles. The van der Waals surface area contributed by atoms with Crippen LogP contribution in [0.15, 0.2) is 53.4 Å². The molecule has 0 fully saturated rings. The van der Waals surface area contributed by atoms with E-state index in [4.69, 9.17) is 4.74 Å². The van der Waals surface area contributed by atoms with Crippen molar-refractivity contribution >= 4 is 16.0 Å². The van der Waals surface area contributed by atoms with Gasteiger partial charge in [0.1, 0.15) is 24.2 Å². The van der Waals surface area contributed by atoms with Crippen LogP contribution in [0.3, 0.4) is 0 Å². The highest BCUT2D eigenvalue weighted by Crippen LogP contribution is 2.18. The second kappa shape index (κ2) is 8.94. The molecule has 0 saturated carbocycles. The van der Waals surface area contributed by atoms with Crippen molar-refractivity contribution in [3.8, 4) is 5.75 Å². The van der Waals surface area contributed by atoms with Crippen LogP contribution in [0.1, 0.15) is 12.5 Å². The maximum absolute atomic E-state index is 12.9. The molecule has 27 heavy (non-hydrogen) atoms. The van der Waals surface area contributed by atoms with Gasteiger partial charge in [0.25, 0.3) is 0 Å². The second-order valence-electron chi connectivity index (χ2n) is 5.75. The van der Waals surface area contributed by atoms with Gasteiger partial charge >= 0.3 is 5.97 Å². The van der Waals surface area contributed by atoms with Gasteiger partial charge in [-0.15, -0.1) is 0 Å². The standard InChI is InChI=1S/C18H20FNO6S/c1-12(21)17(18(22)25-2)20-27(23,24)16-9-7-15(8-10-16)26-11-13-3-5-14(19)6-4-13/h3-10,12,17,20-21H,11H2,1-2H3/t12-,17+/m0/s1. The van der Waals surface area contributed by atoms with Gasteiger partial charge in [-0.25, -0.2) is 12.8 Å². The van der Waals surface area contributed by atoms with Gasteiger partial charge in [-0.3, -0.25) is 4.79 Å². The molecule has 0 spiro atoms. The van der Waals surface area contributed by atoms with Crippen LogP contribution in [0.5, 0.6) is 5.75 Å². The SMILES string of the molecule is COC(=O)[C@H](NS(=O)(=O)c1ccc(OCc2ccc(F)cc2)cc1)[C@H](C)O. The predicted octanol–water partition coefficient (Wildman–Crippen LogP) is 1.61. The van der Waals surface area contributed by atoms with Crippen LogP contribution in [0.2, 0.25) is 0 Å². The molecule has 7 nitrogen and oxygen atoms in total. The van der Waals surface area contributed by atoms with Gasteiger partial charge in [0.05, 0.1) is 18.1 Å². The van der Waals surface area contributed by atoms with E-state index >= 15 is 0 Å². The lowest BCUT2D eigenvalue weighted by Gasteiger charge is -2.19. The summed E-state index contributed by atoms with van der Waals surface area (Å²) in [7, 11) is -2.96. The zero-order valence-electron chi connectivity index (χ0n) is 14.8. The van der Waals surface area contributed by atoms with E-state index in [0.717, 1.165) is 12.7 Å². The molecule has 9 heteroatoms. The molecule has 0 aromatic heterocycles. The van der Waals surface area contributed by atoms with E-state index in [1.165, 1.54) is 43.3 Å². The number of hydrogen-bond donors (Lipinski definition) is 2. The summed E-state index contributed by atoms with van der Waals surface area (Å²) in [5.41, 5.74) is 0.757. The fraction of sp³-hybridized carbons (Fsp3) is 0.278. The van der Waals surface area contributed by atoms with E-state index in [-0.39, 0.29) is 17.3 Å². The number of ether oxygens (including phenoxy) is 2.